The standard InChI is InChI=1S/C31H22BrClFN3O4/c1-2-40-27-15-18(7-14-26(27)41-31(39)19-8-10-20(32)11-9-19)17-35-37-30(38)29-28(22-5-3-4-6-24(22)33)23-16-21(34)12-13-25(23)36-29/h3-17,36H,2H2,1H3,(H,37,38). The van der Waals surface area contributed by atoms with Crippen molar-refractivity contribution in [2.45, 2.75) is 6.92 Å². The average Bonchev–Trinajstić information content (AvgIpc) is 3.33. The van der Waals surface area contributed by atoms with Crippen molar-refractivity contribution < 1.29 is 23.5 Å². The Balaban J connectivity index is 1.37. The second kappa shape index (κ2) is 12.4. The number of esters is 1. The molecule has 5 aromatic rings. The fourth-order valence-corrected chi connectivity index (χ4v) is 4.70. The summed E-state index contributed by atoms with van der Waals surface area (Å²) >= 11 is 9.77. The van der Waals surface area contributed by atoms with Gasteiger partial charge in [0, 0.05) is 31.5 Å². The van der Waals surface area contributed by atoms with Gasteiger partial charge in [0.05, 0.1) is 18.4 Å². The summed E-state index contributed by atoms with van der Waals surface area (Å²) in [4.78, 5) is 28.9. The maximum absolute atomic E-state index is 14.1. The summed E-state index contributed by atoms with van der Waals surface area (Å²) in [5.74, 6) is -0.925. The van der Waals surface area contributed by atoms with Crippen molar-refractivity contribution in [3.8, 4) is 22.6 Å². The summed E-state index contributed by atoms with van der Waals surface area (Å²) in [5.41, 5.74) is 5.28. The van der Waals surface area contributed by atoms with Gasteiger partial charge in [-0.3, -0.25) is 4.79 Å². The Kier molecular flexibility index (Phi) is 8.47. The first-order valence-electron chi connectivity index (χ1n) is 12.5. The third-order valence-electron chi connectivity index (χ3n) is 6.06. The lowest BCUT2D eigenvalue weighted by atomic mass is 10.0. The molecule has 0 spiro atoms. The van der Waals surface area contributed by atoms with Crippen LogP contribution in [0.25, 0.3) is 22.0 Å². The molecule has 2 N–H and O–H groups in total. The number of nitrogens with one attached hydrogen (secondary N) is 2. The van der Waals surface area contributed by atoms with Crippen LogP contribution in [0, 0.1) is 5.82 Å². The van der Waals surface area contributed by atoms with Gasteiger partial charge in [0.2, 0.25) is 0 Å². The van der Waals surface area contributed by atoms with E-state index in [1.807, 2.05) is 6.92 Å². The van der Waals surface area contributed by atoms with Crippen molar-refractivity contribution in [1.29, 1.82) is 0 Å². The van der Waals surface area contributed by atoms with Crippen molar-refractivity contribution in [2.75, 3.05) is 6.61 Å². The van der Waals surface area contributed by atoms with Gasteiger partial charge >= 0.3 is 5.97 Å². The van der Waals surface area contributed by atoms with Gasteiger partial charge < -0.3 is 14.5 Å². The minimum absolute atomic E-state index is 0.182. The van der Waals surface area contributed by atoms with Gasteiger partial charge in [-0.2, -0.15) is 5.10 Å². The molecule has 0 atom stereocenters. The summed E-state index contributed by atoms with van der Waals surface area (Å²) < 4.78 is 26.2. The fraction of sp³-hybridized carbons (Fsp3) is 0.0645. The molecule has 41 heavy (non-hydrogen) atoms. The topological polar surface area (TPSA) is 92.8 Å². The highest BCUT2D eigenvalue weighted by atomic mass is 79.9. The quantitative estimate of drug-likeness (QED) is 0.0789. The number of hydrazone groups is 1. The van der Waals surface area contributed by atoms with Gasteiger partial charge in [-0.15, -0.1) is 0 Å². The first-order valence-corrected chi connectivity index (χ1v) is 13.6. The molecule has 1 heterocycles. The number of amides is 1. The number of benzene rings is 4. The number of nitrogens with zero attached hydrogens (tertiary/aromatic N) is 1. The predicted molar refractivity (Wildman–Crippen MR) is 160 cm³/mol. The van der Waals surface area contributed by atoms with Crippen LogP contribution in [0.5, 0.6) is 11.5 Å². The van der Waals surface area contributed by atoms with Gasteiger partial charge in [0.25, 0.3) is 5.91 Å². The third-order valence-corrected chi connectivity index (χ3v) is 6.92. The summed E-state index contributed by atoms with van der Waals surface area (Å²) in [7, 11) is 0. The van der Waals surface area contributed by atoms with E-state index in [0.717, 1.165) is 4.47 Å². The summed E-state index contributed by atoms with van der Waals surface area (Å²) in [5, 5.41) is 5.02. The molecule has 0 radical (unpaired) electrons. The summed E-state index contributed by atoms with van der Waals surface area (Å²) in [6.45, 7) is 2.15. The number of rotatable bonds is 8. The molecule has 0 aliphatic heterocycles. The van der Waals surface area contributed by atoms with Gasteiger partial charge in [0.1, 0.15) is 11.5 Å². The van der Waals surface area contributed by atoms with E-state index in [1.165, 1.54) is 18.3 Å². The molecule has 0 saturated carbocycles. The number of H-pyrrole nitrogens is 1. The average molecular weight is 635 g/mol. The molecular weight excluding hydrogens is 613 g/mol. The molecule has 0 aliphatic carbocycles. The van der Waals surface area contributed by atoms with E-state index < -0.39 is 17.7 Å². The molecule has 0 fully saturated rings. The van der Waals surface area contributed by atoms with Crippen LogP contribution in [0.4, 0.5) is 4.39 Å². The first-order chi connectivity index (χ1) is 19.8. The van der Waals surface area contributed by atoms with E-state index in [9.17, 15) is 14.0 Å². The Morgan fingerprint density at radius 2 is 1.80 bits per heavy atom. The van der Waals surface area contributed by atoms with Crippen molar-refractivity contribution >= 4 is 56.5 Å². The van der Waals surface area contributed by atoms with Crippen LogP contribution < -0.4 is 14.9 Å². The normalized spacial score (nSPS) is 11.1. The molecule has 0 aliphatic rings. The van der Waals surface area contributed by atoms with Crippen LogP contribution >= 0.6 is 27.5 Å². The Morgan fingerprint density at radius 3 is 2.56 bits per heavy atom. The Hall–Kier alpha value is -4.47. The van der Waals surface area contributed by atoms with Gasteiger partial charge in [0.15, 0.2) is 11.5 Å². The van der Waals surface area contributed by atoms with Crippen LogP contribution in [-0.2, 0) is 0 Å². The molecular formula is C31H22BrClFN3O4. The zero-order valence-corrected chi connectivity index (χ0v) is 23.9. The molecule has 0 saturated heterocycles. The fourth-order valence-electron chi connectivity index (χ4n) is 4.20. The molecule has 5 rings (SSSR count). The highest BCUT2D eigenvalue weighted by Crippen LogP contribution is 2.37. The van der Waals surface area contributed by atoms with Gasteiger partial charge in [-0.25, -0.2) is 14.6 Å². The molecule has 1 amide bonds. The van der Waals surface area contributed by atoms with Crippen molar-refractivity contribution in [2.24, 2.45) is 5.10 Å². The monoisotopic (exact) mass is 633 g/mol. The van der Waals surface area contributed by atoms with Crippen LogP contribution in [0.1, 0.15) is 33.3 Å². The molecule has 0 bridgehead atoms. The second-order valence-electron chi connectivity index (χ2n) is 8.78. The van der Waals surface area contributed by atoms with E-state index in [0.29, 0.717) is 50.5 Å². The number of hydrogen-bond donors (Lipinski definition) is 2. The first kappa shape index (κ1) is 28.1. The van der Waals surface area contributed by atoms with Crippen molar-refractivity contribution in [3.63, 3.8) is 0 Å². The lowest BCUT2D eigenvalue weighted by Crippen LogP contribution is -2.19. The Labute approximate surface area is 248 Å². The van der Waals surface area contributed by atoms with E-state index in [2.05, 4.69) is 31.4 Å². The number of halogens is 3. The SMILES string of the molecule is CCOc1cc(C=NNC(=O)c2[nH]c3ccc(F)cc3c2-c2ccccc2Cl)ccc1OC(=O)c1ccc(Br)cc1. The van der Waals surface area contributed by atoms with E-state index in [4.69, 9.17) is 21.1 Å². The molecule has 7 nitrogen and oxygen atoms in total. The van der Waals surface area contributed by atoms with E-state index in [-0.39, 0.29) is 11.4 Å². The number of fused-ring (bicyclic) bond motifs is 1. The molecule has 0 unspecified atom stereocenters. The number of ether oxygens (including phenoxy) is 2. The molecule has 10 heteroatoms. The Morgan fingerprint density at radius 1 is 1.02 bits per heavy atom. The smallest absolute Gasteiger partial charge is 0.343 e. The summed E-state index contributed by atoms with van der Waals surface area (Å²) in [6, 6.07) is 22.9. The van der Waals surface area contributed by atoms with Crippen LogP contribution in [0.3, 0.4) is 0 Å². The summed E-state index contributed by atoms with van der Waals surface area (Å²) in [6.07, 6.45) is 1.43. The lowest BCUT2D eigenvalue weighted by Gasteiger charge is -2.11. The minimum atomic E-state index is -0.544. The minimum Gasteiger partial charge on any atom is -0.490 e. The van der Waals surface area contributed by atoms with E-state index in [1.54, 1.807) is 72.8 Å². The van der Waals surface area contributed by atoms with Crippen molar-refractivity contribution in [3.05, 3.63) is 117 Å². The van der Waals surface area contributed by atoms with Gasteiger partial charge in [-0.1, -0.05) is 45.7 Å². The molecule has 206 valence electrons. The highest BCUT2D eigenvalue weighted by Gasteiger charge is 2.21. The van der Waals surface area contributed by atoms with E-state index >= 15 is 0 Å². The zero-order valence-electron chi connectivity index (χ0n) is 21.6. The van der Waals surface area contributed by atoms with Gasteiger partial charge in [-0.05, 0) is 79.2 Å². The third kappa shape index (κ3) is 6.32. The molecule has 4 aromatic carbocycles. The largest absolute Gasteiger partial charge is 0.490 e. The lowest BCUT2D eigenvalue weighted by molar-refractivity contribution is 0.0728. The number of aromatic nitrogens is 1. The maximum Gasteiger partial charge on any atom is 0.343 e. The number of hydrogen-bond acceptors (Lipinski definition) is 5. The Bertz CT molecular complexity index is 1790. The highest BCUT2D eigenvalue weighted by molar-refractivity contribution is 9.10. The number of aromatic amines is 1. The molecule has 1 aromatic heterocycles. The number of carbonyl (C=O) groups is 2. The zero-order chi connectivity index (χ0) is 28.9. The van der Waals surface area contributed by atoms with Crippen LogP contribution in [0.2, 0.25) is 5.02 Å². The van der Waals surface area contributed by atoms with Crippen molar-refractivity contribution in [1.82, 2.24) is 10.4 Å². The van der Waals surface area contributed by atoms with Crippen LogP contribution in [0.15, 0.2) is 94.5 Å². The maximum atomic E-state index is 14.1. The second-order valence-corrected chi connectivity index (χ2v) is 10.1. The predicted octanol–water partition coefficient (Wildman–Crippen LogP) is 7.77. The van der Waals surface area contributed by atoms with Crippen LogP contribution in [-0.4, -0.2) is 29.7 Å². The number of carbonyl (C=O) groups excluding carboxylic acids is 2.